The van der Waals surface area contributed by atoms with Crippen LogP contribution in [0.4, 0.5) is 4.79 Å². The van der Waals surface area contributed by atoms with Crippen molar-refractivity contribution in [1.29, 1.82) is 0 Å². The quantitative estimate of drug-likeness (QED) is 0.783. The van der Waals surface area contributed by atoms with Gasteiger partial charge in [0, 0.05) is 26.2 Å². The number of piperazine rings is 1. The standard InChI is InChI=1S/C19H28N2O4/c1-15(17(22)24-14-16-8-6-5-7-9-16)20-10-12-21(13-11-20)18(23)25-19(2,3)4/h5-9,15H,10-14H2,1-4H3/t15-/m0/s1. The van der Waals surface area contributed by atoms with Crippen molar-refractivity contribution in [2.75, 3.05) is 26.2 Å². The van der Waals surface area contributed by atoms with Crippen LogP contribution in [0.1, 0.15) is 33.3 Å². The fourth-order valence-corrected chi connectivity index (χ4v) is 2.62. The average Bonchev–Trinajstić information content (AvgIpc) is 2.58. The molecule has 0 spiro atoms. The van der Waals surface area contributed by atoms with Gasteiger partial charge in [0.05, 0.1) is 0 Å². The number of hydrogen-bond acceptors (Lipinski definition) is 5. The number of benzene rings is 1. The van der Waals surface area contributed by atoms with Gasteiger partial charge in [-0.2, -0.15) is 0 Å². The van der Waals surface area contributed by atoms with E-state index in [1.807, 2.05) is 62.9 Å². The molecule has 1 saturated heterocycles. The van der Waals surface area contributed by atoms with Crippen molar-refractivity contribution in [3.63, 3.8) is 0 Å². The van der Waals surface area contributed by atoms with Crippen molar-refractivity contribution < 1.29 is 19.1 Å². The maximum Gasteiger partial charge on any atom is 0.410 e. The predicted molar refractivity (Wildman–Crippen MR) is 95.1 cm³/mol. The minimum Gasteiger partial charge on any atom is -0.460 e. The highest BCUT2D eigenvalue weighted by atomic mass is 16.6. The highest BCUT2D eigenvalue weighted by molar-refractivity contribution is 5.75. The number of nitrogens with zero attached hydrogens (tertiary/aromatic N) is 2. The first-order valence-corrected chi connectivity index (χ1v) is 8.69. The molecule has 0 aliphatic carbocycles. The summed E-state index contributed by atoms with van der Waals surface area (Å²) < 4.78 is 10.8. The Bertz CT molecular complexity index is 575. The normalized spacial score (nSPS) is 17.0. The lowest BCUT2D eigenvalue weighted by atomic mass is 10.2. The third-order valence-electron chi connectivity index (χ3n) is 4.08. The molecule has 25 heavy (non-hydrogen) atoms. The number of ether oxygens (including phenoxy) is 2. The zero-order valence-electron chi connectivity index (χ0n) is 15.5. The number of hydrogen-bond donors (Lipinski definition) is 0. The molecule has 1 fully saturated rings. The van der Waals surface area contributed by atoms with E-state index >= 15 is 0 Å². The first-order chi connectivity index (χ1) is 11.8. The maximum absolute atomic E-state index is 12.2. The zero-order chi connectivity index (χ0) is 18.4. The summed E-state index contributed by atoms with van der Waals surface area (Å²) >= 11 is 0. The Morgan fingerprint density at radius 3 is 2.24 bits per heavy atom. The van der Waals surface area contributed by atoms with Crippen LogP contribution >= 0.6 is 0 Å². The molecule has 1 aliphatic heterocycles. The second-order valence-corrected chi connectivity index (χ2v) is 7.27. The van der Waals surface area contributed by atoms with Crippen molar-refractivity contribution >= 4 is 12.1 Å². The molecule has 1 atom stereocenters. The van der Waals surface area contributed by atoms with Gasteiger partial charge in [-0.05, 0) is 33.3 Å². The monoisotopic (exact) mass is 348 g/mol. The summed E-state index contributed by atoms with van der Waals surface area (Å²) in [5, 5.41) is 0. The van der Waals surface area contributed by atoms with E-state index in [2.05, 4.69) is 0 Å². The van der Waals surface area contributed by atoms with E-state index < -0.39 is 5.60 Å². The second-order valence-electron chi connectivity index (χ2n) is 7.27. The van der Waals surface area contributed by atoms with Crippen molar-refractivity contribution in [3.8, 4) is 0 Å². The van der Waals surface area contributed by atoms with Gasteiger partial charge in [0.1, 0.15) is 18.2 Å². The van der Waals surface area contributed by atoms with Crippen LogP contribution in [-0.4, -0.2) is 59.7 Å². The Morgan fingerprint density at radius 1 is 1.08 bits per heavy atom. The summed E-state index contributed by atoms with van der Waals surface area (Å²) in [7, 11) is 0. The van der Waals surface area contributed by atoms with Crippen LogP contribution in [0.25, 0.3) is 0 Å². The molecule has 0 N–H and O–H groups in total. The summed E-state index contributed by atoms with van der Waals surface area (Å²) in [6.45, 7) is 10.0. The molecule has 0 saturated carbocycles. The highest BCUT2D eigenvalue weighted by Gasteiger charge is 2.30. The SMILES string of the molecule is C[C@@H](C(=O)OCc1ccccc1)N1CCN(C(=O)OC(C)(C)C)CC1. The lowest BCUT2D eigenvalue weighted by molar-refractivity contribution is -0.151. The molecule has 0 aromatic heterocycles. The van der Waals surface area contributed by atoms with E-state index in [4.69, 9.17) is 9.47 Å². The van der Waals surface area contributed by atoms with E-state index in [1.165, 1.54) is 0 Å². The van der Waals surface area contributed by atoms with Crippen molar-refractivity contribution in [2.45, 2.75) is 45.9 Å². The lowest BCUT2D eigenvalue weighted by Gasteiger charge is -2.37. The Balaban J connectivity index is 1.77. The molecule has 1 aromatic rings. The molecule has 1 heterocycles. The molecule has 1 aliphatic rings. The third kappa shape index (κ3) is 6.05. The largest absolute Gasteiger partial charge is 0.460 e. The van der Waals surface area contributed by atoms with E-state index in [0.29, 0.717) is 26.2 Å². The summed E-state index contributed by atoms with van der Waals surface area (Å²) in [5.74, 6) is -0.241. The topological polar surface area (TPSA) is 59.1 Å². The van der Waals surface area contributed by atoms with Gasteiger partial charge in [-0.3, -0.25) is 9.69 Å². The van der Waals surface area contributed by atoms with Crippen LogP contribution in [0.5, 0.6) is 0 Å². The fraction of sp³-hybridized carbons (Fsp3) is 0.579. The first kappa shape index (κ1) is 19.2. The predicted octanol–water partition coefficient (Wildman–Crippen LogP) is 2.67. The van der Waals surface area contributed by atoms with Gasteiger partial charge in [-0.15, -0.1) is 0 Å². The van der Waals surface area contributed by atoms with Crippen LogP contribution in [0, 0.1) is 0 Å². The van der Waals surface area contributed by atoms with Gasteiger partial charge in [0.15, 0.2) is 0 Å². The number of rotatable bonds is 4. The van der Waals surface area contributed by atoms with E-state index in [-0.39, 0.29) is 24.7 Å². The summed E-state index contributed by atoms with van der Waals surface area (Å²) in [4.78, 5) is 28.0. The number of carbonyl (C=O) groups is 2. The molecular weight excluding hydrogens is 320 g/mol. The van der Waals surface area contributed by atoms with Gasteiger partial charge in [0.2, 0.25) is 0 Å². The van der Waals surface area contributed by atoms with Crippen molar-refractivity contribution in [3.05, 3.63) is 35.9 Å². The molecular formula is C19H28N2O4. The number of carbonyl (C=O) groups excluding carboxylic acids is 2. The molecule has 0 unspecified atom stereocenters. The highest BCUT2D eigenvalue weighted by Crippen LogP contribution is 2.14. The third-order valence-corrected chi connectivity index (χ3v) is 4.08. The average molecular weight is 348 g/mol. The lowest BCUT2D eigenvalue weighted by Crippen LogP contribution is -2.54. The van der Waals surface area contributed by atoms with E-state index in [0.717, 1.165) is 5.56 Å². The summed E-state index contributed by atoms with van der Waals surface area (Å²) in [5.41, 5.74) is 0.473. The minimum atomic E-state index is -0.497. The molecule has 138 valence electrons. The molecule has 6 heteroatoms. The fourth-order valence-electron chi connectivity index (χ4n) is 2.62. The molecule has 2 rings (SSSR count). The minimum absolute atomic E-state index is 0.241. The van der Waals surface area contributed by atoms with Crippen LogP contribution < -0.4 is 0 Å². The van der Waals surface area contributed by atoms with E-state index in [9.17, 15) is 9.59 Å². The number of esters is 1. The van der Waals surface area contributed by atoms with Crippen LogP contribution in [0.2, 0.25) is 0 Å². The van der Waals surface area contributed by atoms with Crippen molar-refractivity contribution in [1.82, 2.24) is 9.80 Å². The van der Waals surface area contributed by atoms with E-state index in [1.54, 1.807) is 4.90 Å². The van der Waals surface area contributed by atoms with Crippen molar-refractivity contribution in [2.24, 2.45) is 0 Å². The summed E-state index contributed by atoms with van der Waals surface area (Å²) in [6.07, 6.45) is -0.300. The van der Waals surface area contributed by atoms with Gasteiger partial charge in [-0.25, -0.2) is 4.79 Å². The Hall–Kier alpha value is -2.08. The molecule has 0 radical (unpaired) electrons. The molecule has 0 bridgehead atoms. The first-order valence-electron chi connectivity index (χ1n) is 8.69. The number of amides is 1. The summed E-state index contributed by atoms with van der Waals surface area (Å²) in [6, 6.07) is 9.29. The van der Waals surface area contributed by atoms with Gasteiger partial charge < -0.3 is 14.4 Å². The van der Waals surface area contributed by atoms with Crippen LogP contribution in [0.15, 0.2) is 30.3 Å². The van der Waals surface area contributed by atoms with Crippen LogP contribution in [0.3, 0.4) is 0 Å². The second kappa shape index (κ2) is 8.34. The zero-order valence-corrected chi connectivity index (χ0v) is 15.5. The molecule has 1 aromatic carbocycles. The Morgan fingerprint density at radius 2 is 1.68 bits per heavy atom. The molecule has 6 nitrogen and oxygen atoms in total. The maximum atomic E-state index is 12.2. The van der Waals surface area contributed by atoms with Gasteiger partial charge in [-0.1, -0.05) is 30.3 Å². The van der Waals surface area contributed by atoms with Gasteiger partial charge in [0.25, 0.3) is 0 Å². The smallest absolute Gasteiger partial charge is 0.410 e. The Kier molecular flexibility index (Phi) is 6.42. The Labute approximate surface area is 149 Å². The molecule has 1 amide bonds. The van der Waals surface area contributed by atoms with Crippen LogP contribution in [-0.2, 0) is 20.9 Å². The van der Waals surface area contributed by atoms with Gasteiger partial charge >= 0.3 is 12.1 Å².